The molecule has 0 unspecified atom stereocenters. The standard InChI is InChI=1S/C21H33N7O/c1-5-22-21(23-13-18-14-28-17(4)7-6-8-19(28)25-18)27-11-9-26(10-12-27)15-20(29)24-16(2)3/h6-8,14,16H,5,9-13,15H2,1-4H3,(H,22,23)(H,24,29). The van der Waals surface area contributed by atoms with Gasteiger partial charge in [-0.1, -0.05) is 6.07 Å². The molecule has 2 N–H and O–H groups in total. The molecule has 0 radical (unpaired) electrons. The Kier molecular flexibility index (Phi) is 7.09. The molecule has 158 valence electrons. The Bertz CT molecular complexity index is 850. The normalized spacial score (nSPS) is 15.9. The van der Waals surface area contributed by atoms with Crippen LogP contribution in [0.4, 0.5) is 0 Å². The zero-order valence-electron chi connectivity index (χ0n) is 18.0. The molecule has 3 rings (SSSR count). The van der Waals surface area contributed by atoms with E-state index in [1.165, 1.54) is 0 Å². The molecular formula is C21H33N7O. The van der Waals surface area contributed by atoms with E-state index in [-0.39, 0.29) is 11.9 Å². The minimum absolute atomic E-state index is 0.0937. The molecule has 0 bridgehead atoms. The van der Waals surface area contributed by atoms with Crippen LogP contribution in [-0.4, -0.2) is 76.4 Å². The molecule has 0 atom stereocenters. The lowest BCUT2D eigenvalue weighted by Gasteiger charge is -2.36. The van der Waals surface area contributed by atoms with Gasteiger partial charge in [0.25, 0.3) is 0 Å². The van der Waals surface area contributed by atoms with Gasteiger partial charge >= 0.3 is 0 Å². The van der Waals surface area contributed by atoms with Crippen molar-refractivity contribution >= 4 is 17.5 Å². The van der Waals surface area contributed by atoms with E-state index in [4.69, 9.17) is 4.99 Å². The largest absolute Gasteiger partial charge is 0.357 e. The van der Waals surface area contributed by atoms with E-state index in [0.717, 1.165) is 55.7 Å². The van der Waals surface area contributed by atoms with Crippen LogP contribution in [-0.2, 0) is 11.3 Å². The molecule has 1 saturated heterocycles. The fourth-order valence-electron chi connectivity index (χ4n) is 3.55. The maximum absolute atomic E-state index is 12.0. The molecular weight excluding hydrogens is 366 g/mol. The molecule has 3 heterocycles. The summed E-state index contributed by atoms with van der Waals surface area (Å²) in [7, 11) is 0. The number of carbonyl (C=O) groups is 1. The van der Waals surface area contributed by atoms with Gasteiger partial charge in [-0.25, -0.2) is 9.98 Å². The molecule has 1 amide bonds. The average Bonchev–Trinajstić information content (AvgIpc) is 3.10. The molecule has 2 aromatic heterocycles. The molecule has 0 saturated carbocycles. The van der Waals surface area contributed by atoms with Crippen LogP contribution in [0, 0.1) is 6.92 Å². The summed E-state index contributed by atoms with van der Waals surface area (Å²) in [5, 5.41) is 6.35. The van der Waals surface area contributed by atoms with Crippen LogP contribution < -0.4 is 10.6 Å². The van der Waals surface area contributed by atoms with Gasteiger partial charge in [0.05, 0.1) is 18.8 Å². The van der Waals surface area contributed by atoms with Gasteiger partial charge in [0.1, 0.15) is 5.65 Å². The fourth-order valence-corrected chi connectivity index (χ4v) is 3.55. The minimum atomic E-state index is 0.0937. The lowest BCUT2D eigenvalue weighted by Crippen LogP contribution is -2.54. The number of nitrogens with one attached hydrogen (secondary N) is 2. The third-order valence-corrected chi connectivity index (χ3v) is 4.96. The van der Waals surface area contributed by atoms with Crippen LogP contribution >= 0.6 is 0 Å². The first-order valence-corrected chi connectivity index (χ1v) is 10.4. The van der Waals surface area contributed by atoms with Gasteiger partial charge in [-0.2, -0.15) is 0 Å². The van der Waals surface area contributed by atoms with Crippen molar-refractivity contribution in [2.45, 2.75) is 40.3 Å². The van der Waals surface area contributed by atoms with Crippen molar-refractivity contribution in [1.82, 2.24) is 29.8 Å². The number of fused-ring (bicyclic) bond motifs is 1. The number of carbonyl (C=O) groups excluding carboxylic acids is 1. The Morgan fingerprint density at radius 2 is 2.00 bits per heavy atom. The average molecular weight is 400 g/mol. The van der Waals surface area contributed by atoms with Crippen LogP contribution in [0.3, 0.4) is 0 Å². The zero-order chi connectivity index (χ0) is 20.8. The summed E-state index contributed by atoms with van der Waals surface area (Å²) in [5.74, 6) is 1.00. The SMILES string of the molecule is CCNC(=NCc1cn2c(C)cccc2n1)N1CCN(CC(=O)NC(C)C)CC1. The highest BCUT2D eigenvalue weighted by Crippen LogP contribution is 2.10. The van der Waals surface area contributed by atoms with Crippen LogP contribution in [0.5, 0.6) is 0 Å². The second-order valence-corrected chi connectivity index (χ2v) is 7.78. The number of guanidine groups is 1. The quantitative estimate of drug-likeness (QED) is 0.565. The molecule has 2 aromatic rings. The van der Waals surface area contributed by atoms with Crippen molar-refractivity contribution in [2.75, 3.05) is 39.3 Å². The molecule has 29 heavy (non-hydrogen) atoms. The molecule has 8 heteroatoms. The highest BCUT2D eigenvalue weighted by Gasteiger charge is 2.21. The van der Waals surface area contributed by atoms with Gasteiger partial charge in [-0.3, -0.25) is 9.69 Å². The number of hydrogen-bond donors (Lipinski definition) is 2. The summed E-state index contributed by atoms with van der Waals surface area (Å²) in [6.07, 6.45) is 2.06. The lowest BCUT2D eigenvalue weighted by atomic mass is 10.3. The van der Waals surface area contributed by atoms with Gasteiger partial charge in [0.2, 0.25) is 5.91 Å². The monoisotopic (exact) mass is 399 g/mol. The van der Waals surface area contributed by atoms with E-state index in [1.807, 2.05) is 26.0 Å². The fraction of sp³-hybridized carbons (Fsp3) is 0.571. The molecule has 1 fully saturated rings. The number of piperazine rings is 1. The van der Waals surface area contributed by atoms with E-state index in [0.29, 0.717) is 13.1 Å². The Hall–Kier alpha value is -2.61. The number of aliphatic imine (C=N–C) groups is 1. The van der Waals surface area contributed by atoms with E-state index in [1.54, 1.807) is 0 Å². The first-order chi connectivity index (χ1) is 14.0. The Labute approximate surface area is 173 Å². The lowest BCUT2D eigenvalue weighted by molar-refractivity contribution is -0.123. The molecule has 8 nitrogen and oxygen atoms in total. The third kappa shape index (κ3) is 5.69. The number of pyridine rings is 1. The van der Waals surface area contributed by atoms with Gasteiger partial charge in [0, 0.05) is 50.7 Å². The second-order valence-electron chi connectivity index (χ2n) is 7.78. The number of aryl methyl sites for hydroxylation is 1. The molecule has 0 aromatic carbocycles. The molecule has 0 spiro atoms. The third-order valence-electron chi connectivity index (χ3n) is 4.96. The van der Waals surface area contributed by atoms with Crippen LogP contribution in [0.1, 0.15) is 32.2 Å². The first kappa shape index (κ1) is 21.1. The maximum atomic E-state index is 12.0. The number of amides is 1. The first-order valence-electron chi connectivity index (χ1n) is 10.4. The van der Waals surface area contributed by atoms with Crippen LogP contribution in [0.15, 0.2) is 29.4 Å². The minimum Gasteiger partial charge on any atom is -0.357 e. The maximum Gasteiger partial charge on any atom is 0.234 e. The van der Waals surface area contributed by atoms with Gasteiger partial charge in [-0.05, 0) is 39.8 Å². The number of rotatable bonds is 6. The van der Waals surface area contributed by atoms with Gasteiger partial charge < -0.3 is 19.9 Å². The Balaban J connectivity index is 1.59. The smallest absolute Gasteiger partial charge is 0.234 e. The summed E-state index contributed by atoms with van der Waals surface area (Å²) in [5.41, 5.74) is 3.07. The summed E-state index contributed by atoms with van der Waals surface area (Å²) in [4.78, 5) is 25.9. The number of hydrogen-bond acceptors (Lipinski definition) is 4. The van der Waals surface area contributed by atoms with E-state index in [2.05, 4.69) is 55.9 Å². The predicted molar refractivity (Wildman–Crippen MR) is 116 cm³/mol. The van der Waals surface area contributed by atoms with Crippen molar-refractivity contribution in [3.8, 4) is 0 Å². The van der Waals surface area contributed by atoms with Crippen molar-refractivity contribution in [3.05, 3.63) is 35.8 Å². The van der Waals surface area contributed by atoms with Gasteiger partial charge in [-0.15, -0.1) is 0 Å². The second kappa shape index (κ2) is 9.73. The van der Waals surface area contributed by atoms with Crippen LogP contribution in [0.2, 0.25) is 0 Å². The molecule has 1 aliphatic heterocycles. The number of nitrogens with zero attached hydrogens (tertiary/aromatic N) is 5. The summed E-state index contributed by atoms with van der Waals surface area (Å²) >= 11 is 0. The van der Waals surface area contributed by atoms with Crippen molar-refractivity contribution in [1.29, 1.82) is 0 Å². The highest BCUT2D eigenvalue weighted by atomic mass is 16.2. The van der Waals surface area contributed by atoms with Crippen molar-refractivity contribution < 1.29 is 4.79 Å². The van der Waals surface area contributed by atoms with E-state index in [9.17, 15) is 4.79 Å². The van der Waals surface area contributed by atoms with Crippen molar-refractivity contribution in [3.63, 3.8) is 0 Å². The topological polar surface area (TPSA) is 77.3 Å². The highest BCUT2D eigenvalue weighted by molar-refractivity contribution is 5.80. The van der Waals surface area contributed by atoms with Crippen LogP contribution in [0.25, 0.3) is 5.65 Å². The van der Waals surface area contributed by atoms with Gasteiger partial charge in [0.15, 0.2) is 5.96 Å². The summed E-state index contributed by atoms with van der Waals surface area (Å²) in [6.45, 7) is 13.4. The van der Waals surface area contributed by atoms with Crippen molar-refractivity contribution in [2.24, 2.45) is 4.99 Å². The predicted octanol–water partition coefficient (Wildman–Crippen LogP) is 1.25. The number of aromatic nitrogens is 2. The molecule has 0 aliphatic carbocycles. The molecule has 1 aliphatic rings. The van der Waals surface area contributed by atoms with E-state index >= 15 is 0 Å². The van der Waals surface area contributed by atoms with E-state index < -0.39 is 0 Å². The summed E-state index contributed by atoms with van der Waals surface area (Å²) < 4.78 is 2.10. The zero-order valence-corrected chi connectivity index (χ0v) is 18.0. The Morgan fingerprint density at radius 3 is 2.66 bits per heavy atom. The summed E-state index contributed by atoms with van der Waals surface area (Å²) in [6, 6.07) is 6.29. The Morgan fingerprint density at radius 1 is 1.24 bits per heavy atom. The number of imidazole rings is 1.